The Morgan fingerprint density at radius 1 is 1.41 bits per heavy atom. The lowest BCUT2D eigenvalue weighted by Crippen LogP contribution is -2.43. The maximum atomic E-state index is 13.1. The number of hydrogen-bond donors (Lipinski definition) is 2. The molecule has 1 aromatic rings. The summed E-state index contributed by atoms with van der Waals surface area (Å²) in [6.45, 7) is 0.0912. The Bertz CT molecular complexity index is 566. The third kappa shape index (κ3) is 3.78. The van der Waals surface area contributed by atoms with Gasteiger partial charge in [0.05, 0.1) is 12.6 Å². The van der Waals surface area contributed by atoms with Crippen molar-refractivity contribution in [3.05, 3.63) is 34.3 Å². The molecule has 3 nitrogen and oxygen atoms in total. The Balaban J connectivity index is 0.00000176. The predicted octanol–water partition coefficient (Wildman–Crippen LogP) is 3.02. The van der Waals surface area contributed by atoms with Crippen LogP contribution in [0, 0.1) is 0 Å². The summed E-state index contributed by atoms with van der Waals surface area (Å²) in [5.41, 5.74) is 1.16. The summed E-state index contributed by atoms with van der Waals surface area (Å²) < 4.78 is 27.2. The third-order valence-corrected chi connectivity index (χ3v) is 4.81. The van der Waals surface area contributed by atoms with Crippen LogP contribution in [-0.2, 0) is 10.2 Å². The number of hydrogen-bond acceptors (Lipinski definition) is 2. The third-order valence-electron chi connectivity index (χ3n) is 4.32. The Labute approximate surface area is 142 Å². The molecule has 1 unspecified atom stereocenters. The molecule has 0 aromatic heterocycles. The van der Waals surface area contributed by atoms with E-state index in [1.165, 1.54) is 5.56 Å². The highest BCUT2D eigenvalue weighted by Crippen LogP contribution is 2.48. The Morgan fingerprint density at radius 3 is 2.68 bits per heavy atom. The van der Waals surface area contributed by atoms with Crippen LogP contribution >= 0.6 is 28.3 Å². The maximum Gasteiger partial charge on any atom is 0.262 e. The molecule has 2 fully saturated rings. The van der Waals surface area contributed by atoms with Gasteiger partial charge in [-0.2, -0.15) is 0 Å². The molecule has 1 saturated carbocycles. The van der Waals surface area contributed by atoms with E-state index in [-0.39, 0.29) is 23.7 Å². The number of carbonyl (C=O) groups excluding carboxylic acids is 1. The number of alkyl halides is 2. The molecule has 7 heteroatoms. The van der Waals surface area contributed by atoms with E-state index in [1.54, 1.807) is 0 Å². The first-order chi connectivity index (χ1) is 9.90. The Morgan fingerprint density at radius 2 is 2.14 bits per heavy atom. The summed E-state index contributed by atoms with van der Waals surface area (Å²) in [6, 6.07) is 7.26. The number of amides is 1. The van der Waals surface area contributed by atoms with E-state index in [1.807, 2.05) is 18.2 Å². The van der Waals surface area contributed by atoms with Crippen LogP contribution in [0.5, 0.6) is 0 Å². The number of carbonyl (C=O) groups is 1. The molecule has 1 aromatic carbocycles. The van der Waals surface area contributed by atoms with Gasteiger partial charge in [0.2, 0.25) is 5.91 Å². The van der Waals surface area contributed by atoms with Gasteiger partial charge in [0.15, 0.2) is 0 Å². The second-order valence-corrected chi connectivity index (χ2v) is 6.92. The fourth-order valence-corrected chi connectivity index (χ4v) is 3.22. The number of rotatable bonds is 4. The van der Waals surface area contributed by atoms with Gasteiger partial charge in [-0.3, -0.25) is 10.1 Å². The summed E-state index contributed by atoms with van der Waals surface area (Å²) in [5, 5.41) is 5.42. The van der Waals surface area contributed by atoms with Gasteiger partial charge in [-0.05, 0) is 30.5 Å². The average Bonchev–Trinajstić information content (AvgIpc) is 3.14. The van der Waals surface area contributed by atoms with Crippen molar-refractivity contribution in [1.29, 1.82) is 0 Å². The normalized spacial score (nSPS) is 24.4. The summed E-state index contributed by atoms with van der Waals surface area (Å²) >= 11 is 3.45. The summed E-state index contributed by atoms with van der Waals surface area (Å²) in [4.78, 5) is 12.0. The first kappa shape index (κ1) is 17.6. The first-order valence-electron chi connectivity index (χ1n) is 7.05. The van der Waals surface area contributed by atoms with E-state index in [9.17, 15) is 13.6 Å². The lowest BCUT2D eigenvalue weighted by molar-refractivity contribution is -0.123. The molecule has 2 aliphatic rings. The van der Waals surface area contributed by atoms with E-state index in [4.69, 9.17) is 0 Å². The van der Waals surface area contributed by atoms with Crippen molar-refractivity contribution in [3.8, 4) is 0 Å². The van der Waals surface area contributed by atoms with Gasteiger partial charge in [-0.15, -0.1) is 12.4 Å². The van der Waals surface area contributed by atoms with Crippen LogP contribution in [-0.4, -0.2) is 31.0 Å². The molecular formula is C15H18BrClF2N2O. The van der Waals surface area contributed by atoms with Crippen molar-refractivity contribution in [3.63, 3.8) is 0 Å². The molecule has 3 rings (SSSR count). The molecule has 22 heavy (non-hydrogen) atoms. The van der Waals surface area contributed by atoms with E-state index in [2.05, 4.69) is 32.6 Å². The SMILES string of the molecule is Cl.O=C(NCC1(c2cccc(Br)c2)CC1)C1CC(F)(F)CN1. The van der Waals surface area contributed by atoms with E-state index < -0.39 is 24.9 Å². The van der Waals surface area contributed by atoms with Crippen LogP contribution < -0.4 is 10.6 Å². The van der Waals surface area contributed by atoms with Crippen molar-refractivity contribution in [2.75, 3.05) is 13.1 Å². The zero-order chi connectivity index (χ0) is 15.1. The zero-order valence-electron chi connectivity index (χ0n) is 11.9. The fraction of sp³-hybridized carbons (Fsp3) is 0.533. The topological polar surface area (TPSA) is 41.1 Å². The summed E-state index contributed by atoms with van der Waals surface area (Å²) in [5.74, 6) is -3.10. The zero-order valence-corrected chi connectivity index (χ0v) is 14.3. The average molecular weight is 396 g/mol. The number of benzene rings is 1. The Hall–Kier alpha value is -0.720. The quantitative estimate of drug-likeness (QED) is 0.823. The molecule has 1 aliphatic heterocycles. The lowest BCUT2D eigenvalue weighted by Gasteiger charge is -2.18. The molecule has 0 spiro atoms. The van der Waals surface area contributed by atoms with E-state index >= 15 is 0 Å². The first-order valence-corrected chi connectivity index (χ1v) is 7.85. The van der Waals surface area contributed by atoms with Gasteiger partial charge in [-0.1, -0.05) is 28.1 Å². The monoisotopic (exact) mass is 394 g/mol. The number of halogens is 4. The van der Waals surface area contributed by atoms with Crippen molar-refractivity contribution in [1.82, 2.24) is 10.6 Å². The van der Waals surface area contributed by atoms with Crippen molar-refractivity contribution >= 4 is 34.2 Å². The van der Waals surface area contributed by atoms with Crippen LogP contribution in [0.25, 0.3) is 0 Å². The molecular weight excluding hydrogens is 378 g/mol. The van der Waals surface area contributed by atoms with Gasteiger partial charge in [-0.25, -0.2) is 8.78 Å². The van der Waals surface area contributed by atoms with Crippen LogP contribution in [0.4, 0.5) is 8.78 Å². The standard InChI is InChI=1S/C15H17BrF2N2O.ClH/c16-11-3-1-2-10(6-11)14(4-5-14)8-20-13(21)12-7-15(17,18)9-19-12;/h1-3,6,12,19H,4-5,7-9H2,(H,20,21);1H. The van der Waals surface area contributed by atoms with Crippen LogP contribution in [0.2, 0.25) is 0 Å². The van der Waals surface area contributed by atoms with E-state index in [0.717, 1.165) is 17.3 Å². The van der Waals surface area contributed by atoms with Crippen LogP contribution in [0.1, 0.15) is 24.8 Å². The highest BCUT2D eigenvalue weighted by Gasteiger charge is 2.46. The largest absolute Gasteiger partial charge is 0.354 e. The van der Waals surface area contributed by atoms with Gasteiger partial charge in [0, 0.05) is 22.9 Å². The molecule has 1 saturated heterocycles. The molecule has 1 amide bonds. The minimum atomic E-state index is -2.77. The van der Waals surface area contributed by atoms with Crippen molar-refractivity contribution in [2.24, 2.45) is 0 Å². The highest BCUT2D eigenvalue weighted by molar-refractivity contribution is 9.10. The minimum absolute atomic E-state index is 0. The van der Waals surface area contributed by atoms with Gasteiger partial charge >= 0.3 is 0 Å². The molecule has 122 valence electrons. The molecule has 0 bridgehead atoms. The smallest absolute Gasteiger partial charge is 0.262 e. The molecule has 1 atom stereocenters. The van der Waals surface area contributed by atoms with Crippen LogP contribution in [0.3, 0.4) is 0 Å². The molecule has 2 N–H and O–H groups in total. The van der Waals surface area contributed by atoms with Crippen LogP contribution in [0.15, 0.2) is 28.7 Å². The summed E-state index contributed by atoms with van der Waals surface area (Å²) in [7, 11) is 0. The van der Waals surface area contributed by atoms with Gasteiger partial charge in [0.1, 0.15) is 0 Å². The minimum Gasteiger partial charge on any atom is -0.354 e. The molecule has 1 heterocycles. The molecule has 0 radical (unpaired) electrons. The summed E-state index contributed by atoms with van der Waals surface area (Å²) in [6.07, 6.45) is 1.61. The van der Waals surface area contributed by atoms with Gasteiger partial charge in [0.25, 0.3) is 5.92 Å². The highest BCUT2D eigenvalue weighted by atomic mass is 79.9. The number of nitrogens with one attached hydrogen (secondary N) is 2. The maximum absolute atomic E-state index is 13.1. The lowest BCUT2D eigenvalue weighted by atomic mass is 9.96. The Kier molecular flexibility index (Phi) is 5.14. The second-order valence-electron chi connectivity index (χ2n) is 6.00. The predicted molar refractivity (Wildman–Crippen MR) is 86.7 cm³/mol. The van der Waals surface area contributed by atoms with Crippen molar-refractivity contribution < 1.29 is 13.6 Å². The second kappa shape index (κ2) is 6.42. The fourth-order valence-electron chi connectivity index (χ4n) is 2.82. The van der Waals surface area contributed by atoms with Crippen molar-refractivity contribution in [2.45, 2.75) is 36.6 Å². The van der Waals surface area contributed by atoms with Gasteiger partial charge < -0.3 is 5.32 Å². The molecule has 1 aliphatic carbocycles. The van der Waals surface area contributed by atoms with E-state index in [0.29, 0.717) is 6.54 Å².